The van der Waals surface area contributed by atoms with Crippen LogP contribution in [-0.2, 0) is 11.2 Å². The lowest BCUT2D eigenvalue weighted by atomic mass is 9.90. The summed E-state index contributed by atoms with van der Waals surface area (Å²) in [6.45, 7) is 5.07. The van der Waals surface area contributed by atoms with E-state index in [4.69, 9.17) is 4.74 Å². The Bertz CT molecular complexity index is 835. The van der Waals surface area contributed by atoms with Gasteiger partial charge in [0, 0.05) is 57.7 Å². The Morgan fingerprint density at radius 3 is 2.81 bits per heavy atom. The van der Waals surface area contributed by atoms with Gasteiger partial charge in [-0.2, -0.15) is 0 Å². The lowest BCUT2D eigenvalue weighted by molar-refractivity contribution is -0.137. The highest BCUT2D eigenvalue weighted by molar-refractivity contribution is 5.83. The summed E-state index contributed by atoms with van der Waals surface area (Å²) in [4.78, 5) is 21.3. The van der Waals surface area contributed by atoms with Crippen molar-refractivity contribution in [2.75, 3.05) is 43.5 Å². The number of nitrogens with one attached hydrogen (secondary N) is 1. The molecule has 6 heteroatoms. The standard InChI is InChI=1S/C21H26N4O2/c1-14-13-25(9-8-22-14)17-6-4-15-10-18(21(26)27-19(15)11-17)16-5-7-20(23-12-16)24(2)3/h4-7,11-12,14,18,22H,8-10,13H2,1-3H3/t14-,18?/m0/s1. The molecule has 2 aliphatic rings. The number of carbonyl (C=O) groups is 1. The van der Waals surface area contributed by atoms with Gasteiger partial charge < -0.3 is 19.9 Å². The van der Waals surface area contributed by atoms with E-state index in [1.165, 1.54) is 0 Å². The number of rotatable bonds is 3. The number of benzene rings is 1. The van der Waals surface area contributed by atoms with Crippen LogP contribution in [0.1, 0.15) is 24.0 Å². The molecule has 1 fully saturated rings. The van der Waals surface area contributed by atoms with Gasteiger partial charge >= 0.3 is 5.97 Å². The molecule has 1 aromatic carbocycles. The highest BCUT2D eigenvalue weighted by atomic mass is 16.5. The topological polar surface area (TPSA) is 57.7 Å². The highest BCUT2D eigenvalue weighted by Gasteiger charge is 2.31. The summed E-state index contributed by atoms with van der Waals surface area (Å²) < 4.78 is 5.72. The predicted molar refractivity (Wildman–Crippen MR) is 107 cm³/mol. The normalized spacial score (nSPS) is 22.2. The van der Waals surface area contributed by atoms with Crippen molar-refractivity contribution in [3.63, 3.8) is 0 Å². The number of carbonyl (C=O) groups excluding carboxylic acids is 1. The van der Waals surface area contributed by atoms with Crippen molar-refractivity contribution < 1.29 is 9.53 Å². The van der Waals surface area contributed by atoms with Crippen LogP contribution in [0.4, 0.5) is 11.5 Å². The van der Waals surface area contributed by atoms with Crippen LogP contribution < -0.4 is 19.9 Å². The number of hydrogen-bond acceptors (Lipinski definition) is 6. The van der Waals surface area contributed by atoms with E-state index < -0.39 is 0 Å². The minimum absolute atomic E-state index is 0.201. The van der Waals surface area contributed by atoms with Crippen LogP contribution in [0, 0.1) is 0 Å². The summed E-state index contributed by atoms with van der Waals surface area (Å²) in [6, 6.07) is 10.6. The van der Waals surface area contributed by atoms with Crippen molar-refractivity contribution in [1.82, 2.24) is 10.3 Å². The third-order valence-electron chi connectivity index (χ3n) is 5.34. The monoisotopic (exact) mass is 366 g/mol. The lowest BCUT2D eigenvalue weighted by Gasteiger charge is -2.34. The Labute approximate surface area is 160 Å². The van der Waals surface area contributed by atoms with Crippen LogP contribution in [0.2, 0.25) is 0 Å². The Hall–Kier alpha value is -2.60. The van der Waals surface area contributed by atoms with Gasteiger partial charge in [-0.25, -0.2) is 4.98 Å². The van der Waals surface area contributed by atoms with E-state index >= 15 is 0 Å². The maximum atomic E-state index is 12.6. The molecule has 1 unspecified atom stereocenters. The molecule has 2 aromatic rings. The molecule has 1 N–H and O–H groups in total. The first-order valence-corrected chi connectivity index (χ1v) is 9.47. The Balaban J connectivity index is 1.55. The zero-order chi connectivity index (χ0) is 19.0. The molecule has 0 bridgehead atoms. The minimum atomic E-state index is -0.300. The minimum Gasteiger partial charge on any atom is -0.426 e. The van der Waals surface area contributed by atoms with Crippen molar-refractivity contribution in [2.45, 2.75) is 25.3 Å². The number of esters is 1. The number of aromatic nitrogens is 1. The molecule has 1 aromatic heterocycles. The molecule has 3 heterocycles. The van der Waals surface area contributed by atoms with Crippen molar-refractivity contribution in [2.24, 2.45) is 0 Å². The second-order valence-electron chi connectivity index (χ2n) is 7.62. The molecule has 2 aliphatic heterocycles. The first-order valence-electron chi connectivity index (χ1n) is 9.47. The van der Waals surface area contributed by atoms with Crippen LogP contribution in [-0.4, -0.2) is 50.7 Å². The second kappa shape index (κ2) is 7.19. The number of nitrogens with zero attached hydrogens (tertiary/aromatic N) is 3. The predicted octanol–water partition coefficient (Wildman–Crippen LogP) is 2.19. The van der Waals surface area contributed by atoms with Gasteiger partial charge in [-0.15, -0.1) is 0 Å². The van der Waals surface area contributed by atoms with Crippen LogP contribution in [0.3, 0.4) is 0 Å². The maximum absolute atomic E-state index is 12.6. The smallest absolute Gasteiger partial charge is 0.319 e. The Morgan fingerprint density at radius 2 is 2.11 bits per heavy atom. The molecule has 0 saturated carbocycles. The van der Waals surface area contributed by atoms with Gasteiger partial charge in [0.05, 0.1) is 5.92 Å². The van der Waals surface area contributed by atoms with E-state index in [9.17, 15) is 4.79 Å². The third kappa shape index (κ3) is 3.62. The van der Waals surface area contributed by atoms with Crippen molar-refractivity contribution >= 4 is 17.5 Å². The fraction of sp³-hybridized carbons (Fsp3) is 0.429. The summed E-state index contributed by atoms with van der Waals surface area (Å²) in [5, 5.41) is 3.45. The average molecular weight is 366 g/mol. The average Bonchev–Trinajstić information content (AvgIpc) is 2.67. The molecular formula is C21H26N4O2. The number of piperazine rings is 1. The summed E-state index contributed by atoms with van der Waals surface area (Å²) in [5.74, 6) is 1.06. The van der Waals surface area contributed by atoms with Crippen molar-refractivity contribution in [1.29, 1.82) is 0 Å². The van der Waals surface area contributed by atoms with Gasteiger partial charge in [0.2, 0.25) is 0 Å². The Morgan fingerprint density at radius 1 is 1.26 bits per heavy atom. The second-order valence-corrected chi connectivity index (χ2v) is 7.62. The van der Waals surface area contributed by atoms with Gasteiger partial charge in [0.1, 0.15) is 11.6 Å². The van der Waals surface area contributed by atoms with Gasteiger partial charge in [0.15, 0.2) is 0 Å². The molecule has 0 radical (unpaired) electrons. The number of pyridine rings is 1. The summed E-state index contributed by atoms with van der Waals surface area (Å²) in [5.41, 5.74) is 3.09. The zero-order valence-corrected chi connectivity index (χ0v) is 16.1. The van der Waals surface area contributed by atoms with Crippen molar-refractivity contribution in [3.05, 3.63) is 47.7 Å². The first-order chi connectivity index (χ1) is 13.0. The van der Waals surface area contributed by atoms with Crippen LogP contribution in [0.5, 0.6) is 5.75 Å². The molecule has 2 atom stereocenters. The van der Waals surface area contributed by atoms with Gasteiger partial charge in [0.25, 0.3) is 0 Å². The fourth-order valence-electron chi connectivity index (χ4n) is 3.78. The summed E-state index contributed by atoms with van der Waals surface area (Å²) >= 11 is 0. The molecule has 1 saturated heterocycles. The summed E-state index contributed by atoms with van der Waals surface area (Å²) in [6.07, 6.45) is 2.43. The molecule has 6 nitrogen and oxygen atoms in total. The quantitative estimate of drug-likeness (QED) is 0.664. The third-order valence-corrected chi connectivity index (χ3v) is 5.34. The van der Waals surface area contributed by atoms with Crippen molar-refractivity contribution in [3.8, 4) is 5.75 Å². The number of hydrogen-bond donors (Lipinski definition) is 1. The van der Waals surface area contributed by atoms with E-state index in [1.807, 2.05) is 37.2 Å². The van der Waals surface area contributed by atoms with Crippen LogP contribution in [0.15, 0.2) is 36.5 Å². The largest absolute Gasteiger partial charge is 0.426 e. The number of anilines is 2. The lowest BCUT2D eigenvalue weighted by Crippen LogP contribution is -2.49. The molecule has 142 valence electrons. The van der Waals surface area contributed by atoms with E-state index in [-0.39, 0.29) is 11.9 Å². The van der Waals surface area contributed by atoms with Gasteiger partial charge in [-0.05, 0) is 36.6 Å². The van der Waals surface area contributed by atoms with Gasteiger partial charge in [-0.3, -0.25) is 4.79 Å². The summed E-state index contributed by atoms with van der Waals surface area (Å²) in [7, 11) is 3.90. The number of fused-ring (bicyclic) bond motifs is 1. The van der Waals surface area contributed by atoms with E-state index in [2.05, 4.69) is 34.3 Å². The molecule has 0 amide bonds. The molecule has 0 aliphatic carbocycles. The molecule has 27 heavy (non-hydrogen) atoms. The first kappa shape index (κ1) is 17.8. The van der Waals surface area contributed by atoms with Crippen LogP contribution >= 0.6 is 0 Å². The Kier molecular flexibility index (Phi) is 4.74. The van der Waals surface area contributed by atoms with Gasteiger partial charge in [-0.1, -0.05) is 12.1 Å². The molecule has 4 rings (SSSR count). The number of ether oxygens (including phenoxy) is 1. The SMILES string of the molecule is C[C@H]1CN(c2ccc3c(c2)OC(=O)C(c2ccc(N(C)C)nc2)C3)CCN1. The maximum Gasteiger partial charge on any atom is 0.319 e. The zero-order valence-electron chi connectivity index (χ0n) is 16.1. The van der Waals surface area contributed by atoms with E-state index in [1.54, 1.807) is 6.20 Å². The van der Waals surface area contributed by atoms with E-state index in [0.717, 1.165) is 42.3 Å². The fourth-order valence-corrected chi connectivity index (χ4v) is 3.78. The highest BCUT2D eigenvalue weighted by Crippen LogP contribution is 2.36. The molecular weight excluding hydrogens is 340 g/mol. The molecule has 0 spiro atoms. The van der Waals surface area contributed by atoms with Crippen LogP contribution in [0.25, 0.3) is 0 Å². The van der Waals surface area contributed by atoms with E-state index in [0.29, 0.717) is 18.2 Å².